The Bertz CT molecular complexity index is 307. The van der Waals surface area contributed by atoms with Gasteiger partial charge in [0.25, 0.3) is 0 Å². The number of aliphatic hydroxyl groups is 1. The highest BCUT2D eigenvalue weighted by molar-refractivity contribution is 5.38. The Kier molecular flexibility index (Phi) is 3.67. The predicted octanol–water partition coefficient (Wildman–Crippen LogP) is 0.143. The molecule has 5 heteroatoms. The van der Waals surface area contributed by atoms with E-state index in [2.05, 4.69) is 15.3 Å². The number of hydrogen-bond acceptors (Lipinski definition) is 5. The van der Waals surface area contributed by atoms with E-state index in [1.165, 1.54) is 6.33 Å². The normalized spacial score (nSPS) is 9.23. The van der Waals surface area contributed by atoms with Gasteiger partial charge in [-0.05, 0) is 6.42 Å². The first kappa shape index (κ1) is 9.42. The van der Waals surface area contributed by atoms with Gasteiger partial charge in [0.2, 0.25) is 0 Å². The Balaban J connectivity index is 2.52. The minimum absolute atomic E-state index is 0.142. The summed E-state index contributed by atoms with van der Waals surface area (Å²) in [5.74, 6) is 0.611. The molecule has 0 aliphatic carbocycles. The summed E-state index contributed by atoms with van der Waals surface area (Å²) in [4.78, 5) is 7.63. The summed E-state index contributed by atoms with van der Waals surface area (Å²) in [6.45, 7) is 0.779. The lowest BCUT2D eigenvalue weighted by Crippen LogP contribution is -2.05. The van der Waals surface area contributed by atoms with Crippen LogP contribution in [-0.4, -0.2) is 28.2 Å². The van der Waals surface area contributed by atoms with Gasteiger partial charge in [0.1, 0.15) is 23.9 Å². The van der Waals surface area contributed by atoms with Crippen LogP contribution in [0.3, 0.4) is 0 Å². The van der Waals surface area contributed by atoms with E-state index in [1.54, 1.807) is 6.07 Å². The molecule has 68 valence electrons. The highest BCUT2D eigenvalue weighted by atomic mass is 16.3. The van der Waals surface area contributed by atoms with Crippen LogP contribution in [0.2, 0.25) is 0 Å². The van der Waals surface area contributed by atoms with Crippen molar-refractivity contribution >= 4 is 5.82 Å². The van der Waals surface area contributed by atoms with Crippen molar-refractivity contribution < 1.29 is 5.11 Å². The topological polar surface area (TPSA) is 81.8 Å². The fraction of sp³-hybridized carbons (Fsp3) is 0.375. The van der Waals surface area contributed by atoms with Gasteiger partial charge in [-0.15, -0.1) is 0 Å². The van der Waals surface area contributed by atoms with Gasteiger partial charge in [-0.3, -0.25) is 0 Å². The molecule has 1 heterocycles. The average Bonchev–Trinajstić information content (AvgIpc) is 2.19. The van der Waals surface area contributed by atoms with Crippen LogP contribution in [0, 0.1) is 11.3 Å². The summed E-state index contributed by atoms with van der Waals surface area (Å²) < 4.78 is 0. The molecule has 0 atom stereocenters. The average molecular weight is 178 g/mol. The van der Waals surface area contributed by atoms with Crippen molar-refractivity contribution in [1.82, 2.24) is 9.97 Å². The number of rotatable bonds is 4. The molecule has 0 aliphatic heterocycles. The molecule has 0 bridgehead atoms. The molecule has 1 aromatic rings. The standard InChI is InChI=1S/C8H10N4O/c9-5-7-4-8(12-6-11-7)10-2-1-3-13/h4,6,13H,1-3H2,(H,10,11,12). The smallest absolute Gasteiger partial charge is 0.145 e. The number of nitrogens with zero attached hydrogens (tertiary/aromatic N) is 3. The molecule has 0 saturated carbocycles. The zero-order valence-electron chi connectivity index (χ0n) is 7.06. The predicted molar refractivity (Wildman–Crippen MR) is 46.9 cm³/mol. The quantitative estimate of drug-likeness (QED) is 0.641. The van der Waals surface area contributed by atoms with Crippen LogP contribution in [-0.2, 0) is 0 Å². The lowest BCUT2D eigenvalue weighted by Gasteiger charge is -2.02. The first-order valence-corrected chi connectivity index (χ1v) is 3.93. The molecule has 0 radical (unpaired) electrons. The van der Waals surface area contributed by atoms with Crippen LogP contribution in [0.25, 0.3) is 0 Å². The zero-order valence-corrected chi connectivity index (χ0v) is 7.06. The molecule has 1 rings (SSSR count). The minimum Gasteiger partial charge on any atom is -0.396 e. The summed E-state index contributed by atoms with van der Waals surface area (Å²) >= 11 is 0. The Morgan fingerprint density at radius 1 is 1.54 bits per heavy atom. The van der Waals surface area contributed by atoms with Crippen molar-refractivity contribution in [3.8, 4) is 6.07 Å². The molecule has 0 spiro atoms. The second-order valence-corrected chi connectivity index (χ2v) is 2.40. The third-order valence-electron chi connectivity index (χ3n) is 1.42. The van der Waals surface area contributed by atoms with E-state index in [0.29, 0.717) is 24.5 Å². The highest BCUT2D eigenvalue weighted by Gasteiger charge is 1.95. The molecular weight excluding hydrogens is 168 g/mol. The fourth-order valence-electron chi connectivity index (χ4n) is 0.811. The summed E-state index contributed by atoms with van der Waals surface area (Å²) in [7, 11) is 0. The van der Waals surface area contributed by atoms with E-state index in [1.807, 2.05) is 6.07 Å². The first-order valence-electron chi connectivity index (χ1n) is 3.93. The van der Waals surface area contributed by atoms with Crippen LogP contribution in [0.5, 0.6) is 0 Å². The van der Waals surface area contributed by atoms with E-state index < -0.39 is 0 Å². The molecule has 13 heavy (non-hydrogen) atoms. The van der Waals surface area contributed by atoms with E-state index in [-0.39, 0.29) is 6.61 Å². The number of nitrogens with one attached hydrogen (secondary N) is 1. The highest BCUT2D eigenvalue weighted by Crippen LogP contribution is 2.01. The zero-order chi connectivity index (χ0) is 9.52. The van der Waals surface area contributed by atoms with Crippen LogP contribution in [0.15, 0.2) is 12.4 Å². The van der Waals surface area contributed by atoms with Crippen molar-refractivity contribution in [1.29, 1.82) is 5.26 Å². The van der Waals surface area contributed by atoms with Gasteiger partial charge in [-0.1, -0.05) is 0 Å². The van der Waals surface area contributed by atoms with Crippen LogP contribution < -0.4 is 5.32 Å². The summed E-state index contributed by atoms with van der Waals surface area (Å²) in [6, 6.07) is 3.48. The maximum atomic E-state index is 8.53. The number of aromatic nitrogens is 2. The molecule has 0 saturated heterocycles. The Morgan fingerprint density at radius 2 is 2.38 bits per heavy atom. The molecule has 0 aliphatic rings. The minimum atomic E-state index is 0.142. The lowest BCUT2D eigenvalue weighted by molar-refractivity contribution is 0.292. The summed E-state index contributed by atoms with van der Waals surface area (Å²) in [5.41, 5.74) is 0.335. The Hall–Kier alpha value is -1.67. The maximum absolute atomic E-state index is 8.53. The van der Waals surface area contributed by atoms with Crippen LogP contribution >= 0.6 is 0 Å². The van der Waals surface area contributed by atoms with Gasteiger partial charge >= 0.3 is 0 Å². The number of aliphatic hydroxyl groups excluding tert-OH is 1. The Morgan fingerprint density at radius 3 is 3.08 bits per heavy atom. The van der Waals surface area contributed by atoms with Gasteiger partial charge < -0.3 is 10.4 Å². The molecular formula is C8H10N4O. The van der Waals surface area contributed by atoms with Crippen LogP contribution in [0.4, 0.5) is 5.82 Å². The number of hydrogen-bond donors (Lipinski definition) is 2. The van der Waals surface area contributed by atoms with E-state index >= 15 is 0 Å². The SMILES string of the molecule is N#Cc1cc(NCCCO)ncn1. The van der Waals surface area contributed by atoms with Crippen molar-refractivity contribution in [2.24, 2.45) is 0 Å². The maximum Gasteiger partial charge on any atom is 0.145 e. The van der Waals surface area contributed by atoms with Crippen molar-refractivity contribution in [3.63, 3.8) is 0 Å². The summed E-state index contributed by atoms with van der Waals surface area (Å²) in [5, 5.41) is 20.0. The van der Waals surface area contributed by atoms with Gasteiger partial charge in [-0.25, -0.2) is 9.97 Å². The number of anilines is 1. The third kappa shape index (κ3) is 3.05. The van der Waals surface area contributed by atoms with E-state index in [0.717, 1.165) is 0 Å². The molecule has 5 nitrogen and oxygen atoms in total. The molecule has 0 aromatic carbocycles. The monoisotopic (exact) mass is 178 g/mol. The second-order valence-electron chi connectivity index (χ2n) is 2.40. The molecule has 2 N–H and O–H groups in total. The third-order valence-corrected chi connectivity index (χ3v) is 1.42. The van der Waals surface area contributed by atoms with Crippen LogP contribution in [0.1, 0.15) is 12.1 Å². The van der Waals surface area contributed by atoms with Gasteiger partial charge in [0, 0.05) is 19.2 Å². The van der Waals surface area contributed by atoms with Gasteiger partial charge in [0.05, 0.1) is 0 Å². The van der Waals surface area contributed by atoms with Gasteiger partial charge in [-0.2, -0.15) is 5.26 Å². The van der Waals surface area contributed by atoms with E-state index in [4.69, 9.17) is 10.4 Å². The fourth-order valence-corrected chi connectivity index (χ4v) is 0.811. The Labute approximate surface area is 76.1 Å². The molecule has 0 amide bonds. The molecule has 0 unspecified atom stereocenters. The van der Waals surface area contributed by atoms with Crippen molar-refractivity contribution in [2.45, 2.75) is 6.42 Å². The van der Waals surface area contributed by atoms with Crippen molar-refractivity contribution in [2.75, 3.05) is 18.5 Å². The van der Waals surface area contributed by atoms with Gasteiger partial charge in [0.15, 0.2) is 0 Å². The largest absolute Gasteiger partial charge is 0.396 e. The van der Waals surface area contributed by atoms with E-state index in [9.17, 15) is 0 Å². The summed E-state index contributed by atoms with van der Waals surface area (Å²) in [6.07, 6.45) is 1.99. The molecule has 1 aromatic heterocycles. The second kappa shape index (κ2) is 5.06. The lowest BCUT2D eigenvalue weighted by atomic mass is 10.4. The number of nitriles is 1. The molecule has 0 fully saturated rings. The first-order chi connectivity index (χ1) is 6.36. The van der Waals surface area contributed by atoms with Crippen molar-refractivity contribution in [3.05, 3.63) is 18.1 Å².